The number of hydrogen-bond donors (Lipinski definition) is 0. The molecule has 3 heteroatoms. The standard InChI is InChI=1S/C15H21ClN2/c1-10(2)7-8-18-14-6-5-11(3)9-13(14)17-15(18)12(4)16/h5-6,9-10,12H,7-8H2,1-4H3. The smallest absolute Gasteiger partial charge is 0.127 e. The second-order valence-corrected chi connectivity index (χ2v) is 6.07. The molecule has 1 unspecified atom stereocenters. The highest BCUT2D eigenvalue weighted by Gasteiger charge is 2.14. The maximum Gasteiger partial charge on any atom is 0.127 e. The van der Waals surface area contributed by atoms with Crippen LogP contribution in [0, 0.1) is 12.8 Å². The Morgan fingerprint density at radius 3 is 2.61 bits per heavy atom. The Labute approximate surface area is 114 Å². The molecule has 0 amide bonds. The molecule has 0 N–H and O–H groups in total. The zero-order valence-corrected chi connectivity index (χ0v) is 12.3. The summed E-state index contributed by atoms with van der Waals surface area (Å²) in [5, 5.41) is -0.0510. The van der Waals surface area contributed by atoms with E-state index < -0.39 is 0 Å². The van der Waals surface area contributed by atoms with E-state index in [1.807, 2.05) is 6.92 Å². The van der Waals surface area contributed by atoms with Crippen molar-refractivity contribution in [2.45, 2.75) is 46.0 Å². The van der Waals surface area contributed by atoms with Gasteiger partial charge in [0, 0.05) is 6.54 Å². The number of aromatic nitrogens is 2. The van der Waals surface area contributed by atoms with Crippen LogP contribution in [-0.2, 0) is 6.54 Å². The summed E-state index contributed by atoms with van der Waals surface area (Å²) in [6, 6.07) is 6.42. The first-order chi connectivity index (χ1) is 8.49. The number of halogens is 1. The average molecular weight is 265 g/mol. The van der Waals surface area contributed by atoms with Crippen LogP contribution >= 0.6 is 11.6 Å². The Morgan fingerprint density at radius 2 is 2.00 bits per heavy atom. The molecule has 1 heterocycles. The van der Waals surface area contributed by atoms with Crippen molar-refractivity contribution < 1.29 is 0 Å². The summed E-state index contributed by atoms with van der Waals surface area (Å²) in [6.45, 7) is 9.56. The van der Waals surface area contributed by atoms with Gasteiger partial charge in [-0.2, -0.15) is 0 Å². The predicted molar refractivity (Wildman–Crippen MR) is 78.2 cm³/mol. The second kappa shape index (κ2) is 5.31. The van der Waals surface area contributed by atoms with Gasteiger partial charge >= 0.3 is 0 Å². The highest BCUT2D eigenvalue weighted by atomic mass is 35.5. The zero-order valence-electron chi connectivity index (χ0n) is 11.6. The summed E-state index contributed by atoms with van der Waals surface area (Å²) in [7, 11) is 0. The largest absolute Gasteiger partial charge is 0.327 e. The number of hydrogen-bond acceptors (Lipinski definition) is 1. The van der Waals surface area contributed by atoms with E-state index in [9.17, 15) is 0 Å². The van der Waals surface area contributed by atoms with Gasteiger partial charge in [-0.15, -0.1) is 11.6 Å². The van der Waals surface area contributed by atoms with Crippen LogP contribution in [0.1, 0.15) is 44.0 Å². The minimum atomic E-state index is -0.0510. The van der Waals surface area contributed by atoms with Crippen molar-refractivity contribution in [3.63, 3.8) is 0 Å². The molecular weight excluding hydrogens is 244 g/mol. The molecule has 2 nitrogen and oxygen atoms in total. The molecular formula is C15H21ClN2. The van der Waals surface area contributed by atoms with Gasteiger partial charge in [-0.25, -0.2) is 4.98 Å². The first-order valence-electron chi connectivity index (χ1n) is 6.60. The minimum absolute atomic E-state index is 0.0510. The van der Waals surface area contributed by atoms with E-state index in [1.165, 1.54) is 11.1 Å². The van der Waals surface area contributed by atoms with Crippen LogP contribution in [0.5, 0.6) is 0 Å². The van der Waals surface area contributed by atoms with E-state index in [4.69, 9.17) is 11.6 Å². The molecule has 0 spiro atoms. The first kappa shape index (κ1) is 13.4. The maximum absolute atomic E-state index is 6.25. The van der Waals surface area contributed by atoms with Crippen LogP contribution in [-0.4, -0.2) is 9.55 Å². The fourth-order valence-corrected chi connectivity index (χ4v) is 2.35. The molecule has 0 aliphatic rings. The monoisotopic (exact) mass is 264 g/mol. The Kier molecular flexibility index (Phi) is 3.96. The number of benzene rings is 1. The molecule has 1 atom stereocenters. The van der Waals surface area contributed by atoms with Gasteiger partial charge in [-0.05, 0) is 43.9 Å². The van der Waals surface area contributed by atoms with Crippen molar-refractivity contribution in [3.05, 3.63) is 29.6 Å². The predicted octanol–water partition coefficient (Wildman–Crippen LogP) is 4.69. The summed E-state index contributed by atoms with van der Waals surface area (Å²) < 4.78 is 2.27. The van der Waals surface area contributed by atoms with Crippen LogP contribution in [0.15, 0.2) is 18.2 Å². The summed E-state index contributed by atoms with van der Waals surface area (Å²) in [5.41, 5.74) is 3.50. The Balaban J connectivity index is 2.48. The molecule has 0 aliphatic heterocycles. The van der Waals surface area contributed by atoms with Crippen LogP contribution in [0.4, 0.5) is 0 Å². The number of aryl methyl sites for hydroxylation is 2. The lowest BCUT2D eigenvalue weighted by molar-refractivity contribution is 0.512. The van der Waals surface area contributed by atoms with Crippen LogP contribution in [0.3, 0.4) is 0 Å². The molecule has 18 heavy (non-hydrogen) atoms. The van der Waals surface area contributed by atoms with Crippen molar-refractivity contribution in [3.8, 4) is 0 Å². The van der Waals surface area contributed by atoms with Gasteiger partial charge in [0.1, 0.15) is 5.82 Å². The van der Waals surface area contributed by atoms with Crippen LogP contribution in [0.2, 0.25) is 0 Å². The Morgan fingerprint density at radius 1 is 1.28 bits per heavy atom. The van der Waals surface area contributed by atoms with E-state index >= 15 is 0 Å². The Bertz CT molecular complexity index is 541. The third-order valence-electron chi connectivity index (χ3n) is 3.22. The molecule has 0 aliphatic carbocycles. The lowest BCUT2D eigenvalue weighted by atomic mass is 10.1. The minimum Gasteiger partial charge on any atom is -0.327 e. The quantitative estimate of drug-likeness (QED) is 0.733. The van der Waals surface area contributed by atoms with Crippen molar-refractivity contribution in [2.24, 2.45) is 5.92 Å². The second-order valence-electron chi connectivity index (χ2n) is 5.41. The fourth-order valence-electron chi connectivity index (χ4n) is 2.18. The number of alkyl halides is 1. The molecule has 2 aromatic rings. The molecule has 0 bridgehead atoms. The summed E-state index contributed by atoms with van der Waals surface area (Å²) >= 11 is 6.25. The topological polar surface area (TPSA) is 17.8 Å². The van der Waals surface area contributed by atoms with Crippen LogP contribution < -0.4 is 0 Å². The molecule has 0 saturated carbocycles. The number of rotatable bonds is 4. The fraction of sp³-hybridized carbons (Fsp3) is 0.533. The van der Waals surface area contributed by atoms with E-state index in [2.05, 4.69) is 48.5 Å². The van der Waals surface area contributed by atoms with Crippen molar-refractivity contribution in [2.75, 3.05) is 0 Å². The van der Waals surface area contributed by atoms with Gasteiger partial charge in [-0.1, -0.05) is 19.9 Å². The van der Waals surface area contributed by atoms with E-state index in [0.29, 0.717) is 5.92 Å². The summed E-state index contributed by atoms with van der Waals surface area (Å²) in [4.78, 5) is 4.68. The normalized spacial score (nSPS) is 13.4. The van der Waals surface area contributed by atoms with Gasteiger partial charge < -0.3 is 4.57 Å². The third kappa shape index (κ3) is 2.69. The lowest BCUT2D eigenvalue weighted by Crippen LogP contribution is -2.06. The van der Waals surface area contributed by atoms with Gasteiger partial charge in [0.2, 0.25) is 0 Å². The van der Waals surface area contributed by atoms with Gasteiger partial charge in [0.15, 0.2) is 0 Å². The first-order valence-corrected chi connectivity index (χ1v) is 7.03. The van der Waals surface area contributed by atoms with E-state index in [0.717, 1.165) is 24.3 Å². The maximum atomic E-state index is 6.25. The van der Waals surface area contributed by atoms with Gasteiger partial charge in [0.25, 0.3) is 0 Å². The molecule has 2 rings (SSSR count). The van der Waals surface area contributed by atoms with Crippen molar-refractivity contribution in [1.82, 2.24) is 9.55 Å². The lowest BCUT2D eigenvalue weighted by Gasteiger charge is -2.12. The van der Waals surface area contributed by atoms with Gasteiger partial charge in [-0.3, -0.25) is 0 Å². The Hall–Kier alpha value is -1.02. The average Bonchev–Trinajstić information content (AvgIpc) is 2.64. The molecule has 0 fully saturated rings. The number of nitrogens with zero attached hydrogens (tertiary/aromatic N) is 2. The molecule has 1 aromatic heterocycles. The molecule has 98 valence electrons. The zero-order chi connectivity index (χ0) is 13.3. The highest BCUT2D eigenvalue weighted by molar-refractivity contribution is 6.20. The van der Waals surface area contributed by atoms with Crippen molar-refractivity contribution >= 4 is 22.6 Å². The van der Waals surface area contributed by atoms with E-state index in [1.54, 1.807) is 0 Å². The number of imidazole rings is 1. The molecule has 1 aromatic carbocycles. The summed E-state index contributed by atoms with van der Waals surface area (Å²) in [6.07, 6.45) is 1.15. The van der Waals surface area contributed by atoms with Crippen LogP contribution in [0.25, 0.3) is 11.0 Å². The van der Waals surface area contributed by atoms with E-state index in [-0.39, 0.29) is 5.38 Å². The third-order valence-corrected chi connectivity index (χ3v) is 3.41. The molecule has 0 radical (unpaired) electrons. The van der Waals surface area contributed by atoms with Gasteiger partial charge in [0.05, 0.1) is 16.4 Å². The summed E-state index contributed by atoms with van der Waals surface area (Å²) in [5.74, 6) is 1.67. The SMILES string of the molecule is Cc1ccc2c(c1)nc(C(C)Cl)n2CCC(C)C. The highest BCUT2D eigenvalue weighted by Crippen LogP contribution is 2.26. The van der Waals surface area contributed by atoms with Crippen molar-refractivity contribution in [1.29, 1.82) is 0 Å². The molecule has 0 saturated heterocycles. The number of fused-ring (bicyclic) bond motifs is 1.